The highest BCUT2D eigenvalue weighted by atomic mass is 35.5. The second-order valence-electron chi connectivity index (χ2n) is 3.03. The van der Waals surface area contributed by atoms with Crippen molar-refractivity contribution in [2.24, 2.45) is 5.73 Å². The van der Waals surface area contributed by atoms with Gasteiger partial charge in [-0.2, -0.15) is 13.2 Å². The van der Waals surface area contributed by atoms with Gasteiger partial charge < -0.3 is 5.73 Å². The Morgan fingerprint density at radius 1 is 1.33 bits per heavy atom. The molecular formula is C9H10Cl2F3N. The predicted octanol–water partition coefficient (Wildman–Crippen LogP) is 3.80. The summed E-state index contributed by atoms with van der Waals surface area (Å²) < 4.78 is 37.1. The Labute approximate surface area is 96.8 Å². The molecule has 1 rings (SSSR count). The summed E-state index contributed by atoms with van der Waals surface area (Å²) in [6.45, 7) is 1.61. The second kappa shape index (κ2) is 5.05. The first-order valence-electron chi connectivity index (χ1n) is 3.94. The molecular weight excluding hydrogens is 250 g/mol. The molecule has 6 heteroatoms. The minimum atomic E-state index is -4.43. The number of hydrogen-bond acceptors (Lipinski definition) is 1. The fraction of sp³-hybridized carbons (Fsp3) is 0.333. The molecule has 15 heavy (non-hydrogen) atoms. The van der Waals surface area contributed by atoms with E-state index in [1.54, 1.807) is 6.92 Å². The monoisotopic (exact) mass is 259 g/mol. The van der Waals surface area contributed by atoms with Crippen molar-refractivity contribution in [3.8, 4) is 0 Å². The van der Waals surface area contributed by atoms with Gasteiger partial charge in [0.15, 0.2) is 0 Å². The van der Waals surface area contributed by atoms with Crippen LogP contribution in [-0.4, -0.2) is 0 Å². The first-order valence-corrected chi connectivity index (χ1v) is 4.32. The Morgan fingerprint density at radius 2 is 1.87 bits per heavy atom. The minimum Gasteiger partial charge on any atom is -0.324 e. The van der Waals surface area contributed by atoms with Crippen molar-refractivity contribution in [1.29, 1.82) is 0 Å². The molecule has 0 spiro atoms. The van der Waals surface area contributed by atoms with Gasteiger partial charge in [0, 0.05) is 6.04 Å². The van der Waals surface area contributed by atoms with Crippen molar-refractivity contribution in [3.05, 3.63) is 34.3 Å². The van der Waals surface area contributed by atoms with E-state index in [1.807, 2.05) is 0 Å². The minimum absolute atomic E-state index is 0. The fourth-order valence-electron chi connectivity index (χ4n) is 1.04. The summed E-state index contributed by atoms with van der Waals surface area (Å²) in [5, 5.41) is -0.304. The molecule has 0 unspecified atom stereocenters. The Bertz CT molecular complexity index is 337. The van der Waals surface area contributed by atoms with Crippen LogP contribution in [0.1, 0.15) is 24.1 Å². The Balaban J connectivity index is 0.00000196. The molecule has 1 nitrogen and oxygen atoms in total. The first-order chi connectivity index (χ1) is 6.32. The maximum Gasteiger partial charge on any atom is 0.417 e. The van der Waals surface area contributed by atoms with Gasteiger partial charge >= 0.3 is 6.18 Å². The largest absolute Gasteiger partial charge is 0.417 e. The van der Waals surface area contributed by atoms with Crippen molar-refractivity contribution in [2.45, 2.75) is 19.1 Å². The van der Waals surface area contributed by atoms with Gasteiger partial charge in [-0.05, 0) is 24.6 Å². The van der Waals surface area contributed by atoms with Crippen LogP contribution in [0.5, 0.6) is 0 Å². The van der Waals surface area contributed by atoms with Gasteiger partial charge in [0.25, 0.3) is 0 Å². The molecule has 0 heterocycles. The molecule has 0 fully saturated rings. The highest BCUT2D eigenvalue weighted by Crippen LogP contribution is 2.35. The molecule has 0 aliphatic carbocycles. The maximum absolute atomic E-state index is 12.4. The van der Waals surface area contributed by atoms with Crippen LogP contribution in [0.2, 0.25) is 5.02 Å². The lowest BCUT2D eigenvalue weighted by Gasteiger charge is -2.12. The molecule has 86 valence electrons. The standard InChI is InChI=1S/C9H9ClF3N.ClH/c1-5(14)6-2-3-8(10)7(4-6)9(11,12)13;/h2-5H,14H2,1H3;1H/t5-;/m0./s1. The SMILES string of the molecule is C[C@H](N)c1ccc(Cl)c(C(F)(F)F)c1.Cl. The molecule has 0 saturated heterocycles. The van der Waals surface area contributed by atoms with Crippen LogP contribution >= 0.6 is 24.0 Å². The van der Waals surface area contributed by atoms with Gasteiger partial charge in [0.2, 0.25) is 0 Å². The third-order valence-corrected chi connectivity index (χ3v) is 2.15. The van der Waals surface area contributed by atoms with E-state index in [4.69, 9.17) is 17.3 Å². The quantitative estimate of drug-likeness (QED) is 0.816. The summed E-state index contributed by atoms with van der Waals surface area (Å²) in [7, 11) is 0. The van der Waals surface area contributed by atoms with Crippen molar-refractivity contribution < 1.29 is 13.2 Å². The molecule has 0 amide bonds. The van der Waals surface area contributed by atoms with E-state index in [1.165, 1.54) is 12.1 Å². The normalized spacial score (nSPS) is 13.2. The van der Waals surface area contributed by atoms with E-state index in [9.17, 15) is 13.2 Å². The van der Waals surface area contributed by atoms with Crippen molar-refractivity contribution >= 4 is 24.0 Å². The van der Waals surface area contributed by atoms with Crippen LogP contribution in [0.25, 0.3) is 0 Å². The smallest absolute Gasteiger partial charge is 0.324 e. The number of benzene rings is 1. The summed E-state index contributed by atoms with van der Waals surface area (Å²) in [5.74, 6) is 0. The van der Waals surface area contributed by atoms with E-state index in [0.717, 1.165) is 6.07 Å². The second-order valence-corrected chi connectivity index (χ2v) is 3.43. The summed E-state index contributed by atoms with van der Waals surface area (Å²) in [4.78, 5) is 0. The third-order valence-electron chi connectivity index (χ3n) is 1.82. The van der Waals surface area contributed by atoms with Gasteiger partial charge in [-0.25, -0.2) is 0 Å². The molecule has 2 N–H and O–H groups in total. The van der Waals surface area contributed by atoms with E-state index in [0.29, 0.717) is 5.56 Å². The lowest BCUT2D eigenvalue weighted by molar-refractivity contribution is -0.137. The highest BCUT2D eigenvalue weighted by Gasteiger charge is 2.33. The summed E-state index contributed by atoms with van der Waals surface area (Å²) in [5.41, 5.74) is 5.04. The average Bonchev–Trinajstić information content (AvgIpc) is 2.02. The maximum atomic E-state index is 12.4. The highest BCUT2D eigenvalue weighted by molar-refractivity contribution is 6.31. The van der Waals surface area contributed by atoms with Crippen molar-refractivity contribution in [1.82, 2.24) is 0 Å². The van der Waals surface area contributed by atoms with E-state index in [2.05, 4.69) is 0 Å². The van der Waals surface area contributed by atoms with Crippen LogP contribution in [0, 0.1) is 0 Å². The Kier molecular flexibility index (Phi) is 4.90. The van der Waals surface area contributed by atoms with E-state index in [-0.39, 0.29) is 17.4 Å². The molecule has 0 radical (unpaired) electrons. The van der Waals surface area contributed by atoms with E-state index < -0.39 is 17.8 Å². The summed E-state index contributed by atoms with van der Waals surface area (Å²) in [6.07, 6.45) is -4.43. The number of rotatable bonds is 1. The summed E-state index contributed by atoms with van der Waals surface area (Å²) in [6, 6.07) is 3.24. The first kappa shape index (κ1) is 14.6. The van der Waals surface area contributed by atoms with Gasteiger partial charge in [-0.3, -0.25) is 0 Å². The van der Waals surface area contributed by atoms with E-state index >= 15 is 0 Å². The fourth-order valence-corrected chi connectivity index (χ4v) is 1.27. The Morgan fingerprint density at radius 3 is 2.27 bits per heavy atom. The van der Waals surface area contributed by atoms with Crippen LogP contribution < -0.4 is 5.73 Å². The molecule has 0 aromatic heterocycles. The zero-order valence-corrected chi connectivity index (χ0v) is 9.38. The van der Waals surface area contributed by atoms with Gasteiger partial charge in [0.05, 0.1) is 10.6 Å². The van der Waals surface area contributed by atoms with Gasteiger partial charge in [0.1, 0.15) is 0 Å². The molecule has 0 aliphatic heterocycles. The number of nitrogens with two attached hydrogens (primary N) is 1. The predicted molar refractivity (Wildman–Crippen MR) is 56.3 cm³/mol. The zero-order chi connectivity index (χ0) is 10.9. The van der Waals surface area contributed by atoms with Crippen molar-refractivity contribution in [2.75, 3.05) is 0 Å². The topological polar surface area (TPSA) is 26.0 Å². The van der Waals surface area contributed by atoms with Crippen molar-refractivity contribution in [3.63, 3.8) is 0 Å². The zero-order valence-electron chi connectivity index (χ0n) is 7.81. The van der Waals surface area contributed by atoms with Crippen LogP contribution in [-0.2, 0) is 6.18 Å². The Hall–Kier alpha value is -0.450. The lowest BCUT2D eigenvalue weighted by atomic mass is 10.1. The van der Waals surface area contributed by atoms with Crippen LogP contribution in [0.15, 0.2) is 18.2 Å². The molecule has 0 saturated carbocycles. The average molecular weight is 260 g/mol. The van der Waals surface area contributed by atoms with Crippen LogP contribution in [0.3, 0.4) is 0 Å². The number of halogens is 5. The molecule has 1 aromatic rings. The van der Waals surface area contributed by atoms with Gasteiger partial charge in [-0.1, -0.05) is 17.7 Å². The van der Waals surface area contributed by atoms with Gasteiger partial charge in [-0.15, -0.1) is 12.4 Å². The third kappa shape index (κ3) is 3.55. The molecule has 1 aromatic carbocycles. The number of alkyl halides is 3. The molecule has 1 atom stereocenters. The number of hydrogen-bond donors (Lipinski definition) is 1. The molecule has 0 bridgehead atoms. The summed E-state index contributed by atoms with van der Waals surface area (Å²) >= 11 is 5.42. The van der Waals surface area contributed by atoms with Crippen LogP contribution in [0.4, 0.5) is 13.2 Å². The molecule has 0 aliphatic rings. The lowest BCUT2D eigenvalue weighted by Crippen LogP contribution is -2.10.